The maximum Gasteiger partial charge on any atom is 0.309 e. The Morgan fingerprint density at radius 1 is 1.24 bits per heavy atom. The highest BCUT2D eigenvalue weighted by atomic mass is 16.6. The predicted octanol–water partition coefficient (Wildman–Crippen LogP) is 4.20. The van der Waals surface area contributed by atoms with E-state index in [0.29, 0.717) is 6.42 Å². The van der Waals surface area contributed by atoms with E-state index in [2.05, 4.69) is 0 Å². The minimum atomic E-state index is -1.42. The standard InChI is InChI=1S/C30H42O7/c1-21(10-9-17-29(4,34)18-15-24-11-7-6-8-12-24)28-22(2)13-14-26(36-23(3)31)30(5,35)19-16-25(32)20-27(33)37-28/h6-14,17,22,25-26,28,32,34-35H,15-16,18-20H2,1-5H3/b14-13+,17-9+,21-10+/t22-,25+,26-,28+,29-,30+/m0/s1. The number of ether oxygens (including phenoxy) is 2. The molecule has 204 valence electrons. The molecule has 1 aromatic rings. The van der Waals surface area contributed by atoms with Gasteiger partial charge in [0.2, 0.25) is 0 Å². The van der Waals surface area contributed by atoms with Gasteiger partial charge in [-0.05, 0) is 63.7 Å². The molecule has 2 rings (SSSR count). The van der Waals surface area contributed by atoms with Crippen LogP contribution in [0.2, 0.25) is 0 Å². The molecule has 0 aromatic heterocycles. The molecular weight excluding hydrogens is 472 g/mol. The van der Waals surface area contributed by atoms with Crippen LogP contribution < -0.4 is 0 Å². The third kappa shape index (κ3) is 10.6. The lowest BCUT2D eigenvalue weighted by Gasteiger charge is -2.32. The molecule has 0 saturated heterocycles. The first-order valence-corrected chi connectivity index (χ1v) is 12.9. The third-order valence-corrected chi connectivity index (χ3v) is 6.64. The first-order valence-electron chi connectivity index (χ1n) is 12.9. The van der Waals surface area contributed by atoms with Crippen molar-refractivity contribution in [1.29, 1.82) is 0 Å². The van der Waals surface area contributed by atoms with Gasteiger partial charge in [0.25, 0.3) is 0 Å². The van der Waals surface area contributed by atoms with Crippen LogP contribution in [0.15, 0.2) is 66.3 Å². The Kier molecular flexibility index (Phi) is 11.3. The zero-order chi connectivity index (χ0) is 27.6. The maximum atomic E-state index is 12.6. The number of hydrogen-bond donors (Lipinski definition) is 3. The lowest BCUT2D eigenvalue weighted by Crippen LogP contribution is -2.42. The second-order valence-corrected chi connectivity index (χ2v) is 10.6. The molecule has 1 aliphatic heterocycles. The number of allylic oxidation sites excluding steroid dienone is 2. The second-order valence-electron chi connectivity index (χ2n) is 10.6. The lowest BCUT2D eigenvalue weighted by molar-refractivity contribution is -0.157. The van der Waals surface area contributed by atoms with E-state index in [1.165, 1.54) is 6.92 Å². The van der Waals surface area contributed by atoms with Gasteiger partial charge in [-0.25, -0.2) is 0 Å². The SMILES string of the molecule is CC(=O)O[C@H]1/C=C/[C@H](C)[C@@H](/C(C)=C/C=C/[C@](C)(O)CCc2ccccc2)OC(=O)C[C@H](O)CC[C@@]1(C)O. The summed E-state index contributed by atoms with van der Waals surface area (Å²) in [7, 11) is 0. The van der Waals surface area contributed by atoms with Crippen LogP contribution in [0, 0.1) is 5.92 Å². The largest absolute Gasteiger partial charge is 0.457 e. The third-order valence-electron chi connectivity index (χ3n) is 6.64. The molecule has 0 saturated carbocycles. The average molecular weight is 515 g/mol. The molecule has 7 nitrogen and oxygen atoms in total. The monoisotopic (exact) mass is 514 g/mol. The molecule has 3 N–H and O–H groups in total. The first kappa shape index (κ1) is 30.5. The maximum absolute atomic E-state index is 12.6. The molecule has 6 atom stereocenters. The molecule has 0 radical (unpaired) electrons. The molecule has 0 amide bonds. The smallest absolute Gasteiger partial charge is 0.309 e. The number of carbonyl (C=O) groups is 2. The van der Waals surface area contributed by atoms with Crippen molar-refractivity contribution in [3.8, 4) is 0 Å². The van der Waals surface area contributed by atoms with Crippen LogP contribution in [-0.2, 0) is 25.5 Å². The van der Waals surface area contributed by atoms with Gasteiger partial charge in [0.1, 0.15) is 17.8 Å². The number of aliphatic hydroxyl groups excluding tert-OH is 1. The zero-order valence-corrected chi connectivity index (χ0v) is 22.6. The van der Waals surface area contributed by atoms with E-state index in [4.69, 9.17) is 9.47 Å². The average Bonchev–Trinajstić information content (AvgIpc) is 2.82. The molecule has 1 aliphatic rings. The van der Waals surface area contributed by atoms with Crippen LogP contribution in [0.5, 0.6) is 0 Å². The highest BCUT2D eigenvalue weighted by molar-refractivity contribution is 5.70. The Balaban J connectivity index is 2.22. The van der Waals surface area contributed by atoms with Crippen molar-refractivity contribution in [3.05, 3.63) is 71.8 Å². The molecule has 0 bridgehead atoms. The lowest BCUT2D eigenvalue weighted by atomic mass is 9.88. The Morgan fingerprint density at radius 3 is 2.57 bits per heavy atom. The van der Waals surface area contributed by atoms with E-state index in [0.717, 1.165) is 17.6 Å². The van der Waals surface area contributed by atoms with Crippen LogP contribution in [-0.4, -0.2) is 56.8 Å². The normalized spacial score (nSPS) is 30.5. The molecule has 7 heteroatoms. The van der Waals surface area contributed by atoms with Gasteiger partial charge in [-0.15, -0.1) is 0 Å². The fourth-order valence-corrected chi connectivity index (χ4v) is 4.26. The number of benzene rings is 1. The number of carbonyl (C=O) groups excluding carboxylic acids is 2. The van der Waals surface area contributed by atoms with Crippen molar-refractivity contribution in [2.45, 2.75) is 96.2 Å². The van der Waals surface area contributed by atoms with Crippen molar-refractivity contribution < 1.29 is 34.4 Å². The predicted molar refractivity (Wildman–Crippen MR) is 143 cm³/mol. The zero-order valence-electron chi connectivity index (χ0n) is 22.6. The summed E-state index contributed by atoms with van der Waals surface area (Å²) < 4.78 is 11.1. The number of esters is 2. The van der Waals surface area contributed by atoms with Gasteiger partial charge in [-0.3, -0.25) is 9.59 Å². The number of hydrogen-bond acceptors (Lipinski definition) is 7. The first-order chi connectivity index (χ1) is 17.3. The Hall–Kier alpha value is -2.74. The summed E-state index contributed by atoms with van der Waals surface area (Å²) in [6.07, 6.45) is 7.41. The molecule has 0 aliphatic carbocycles. The van der Waals surface area contributed by atoms with Gasteiger partial charge >= 0.3 is 11.9 Å². The van der Waals surface area contributed by atoms with Crippen LogP contribution in [0.25, 0.3) is 0 Å². The second kappa shape index (κ2) is 13.7. The quantitative estimate of drug-likeness (QED) is 0.284. The minimum absolute atomic E-state index is 0.134. The van der Waals surface area contributed by atoms with Crippen LogP contribution in [0.1, 0.15) is 65.9 Å². The number of cyclic esters (lactones) is 1. The summed E-state index contributed by atoms with van der Waals surface area (Å²) in [6, 6.07) is 9.96. The highest BCUT2D eigenvalue weighted by Gasteiger charge is 2.35. The number of aliphatic hydroxyl groups is 3. The fourth-order valence-electron chi connectivity index (χ4n) is 4.26. The summed E-state index contributed by atoms with van der Waals surface area (Å²) in [5.41, 5.74) is -0.547. The highest BCUT2D eigenvalue weighted by Crippen LogP contribution is 2.27. The van der Waals surface area contributed by atoms with Crippen molar-refractivity contribution in [2.24, 2.45) is 5.92 Å². The number of aryl methyl sites for hydroxylation is 1. The van der Waals surface area contributed by atoms with E-state index in [1.54, 1.807) is 44.2 Å². The van der Waals surface area contributed by atoms with E-state index in [9.17, 15) is 24.9 Å². The molecule has 0 fully saturated rings. The summed E-state index contributed by atoms with van der Waals surface area (Å²) in [5.74, 6) is -1.39. The molecule has 1 heterocycles. The topological polar surface area (TPSA) is 113 Å². The fraction of sp³-hybridized carbons (Fsp3) is 0.533. The van der Waals surface area contributed by atoms with Crippen LogP contribution in [0.3, 0.4) is 0 Å². The molecular formula is C30H42O7. The van der Waals surface area contributed by atoms with Crippen molar-refractivity contribution in [2.75, 3.05) is 0 Å². The summed E-state index contributed by atoms with van der Waals surface area (Å²) >= 11 is 0. The van der Waals surface area contributed by atoms with Gasteiger partial charge in [-0.2, -0.15) is 0 Å². The minimum Gasteiger partial charge on any atom is -0.457 e. The van der Waals surface area contributed by atoms with Crippen molar-refractivity contribution in [3.63, 3.8) is 0 Å². The van der Waals surface area contributed by atoms with Gasteiger partial charge in [-0.1, -0.05) is 61.6 Å². The van der Waals surface area contributed by atoms with Crippen LogP contribution >= 0.6 is 0 Å². The Labute approximate surface area is 220 Å². The van der Waals surface area contributed by atoms with Gasteiger partial charge in [0, 0.05) is 12.8 Å². The van der Waals surface area contributed by atoms with E-state index in [-0.39, 0.29) is 25.2 Å². The summed E-state index contributed by atoms with van der Waals surface area (Å²) in [6.45, 7) is 8.25. The van der Waals surface area contributed by atoms with E-state index in [1.807, 2.05) is 44.2 Å². The van der Waals surface area contributed by atoms with Gasteiger partial charge in [0.05, 0.1) is 18.1 Å². The van der Waals surface area contributed by atoms with E-state index >= 15 is 0 Å². The van der Waals surface area contributed by atoms with Crippen LogP contribution in [0.4, 0.5) is 0 Å². The summed E-state index contributed by atoms with van der Waals surface area (Å²) in [5, 5.41) is 32.0. The molecule has 0 unspecified atom stereocenters. The molecule has 1 aromatic carbocycles. The Bertz CT molecular complexity index is 975. The molecule has 37 heavy (non-hydrogen) atoms. The summed E-state index contributed by atoms with van der Waals surface area (Å²) in [4.78, 5) is 24.2. The number of rotatable bonds is 7. The van der Waals surface area contributed by atoms with Crippen molar-refractivity contribution >= 4 is 11.9 Å². The Morgan fingerprint density at radius 2 is 1.92 bits per heavy atom. The molecule has 0 spiro atoms. The van der Waals surface area contributed by atoms with Gasteiger partial charge < -0.3 is 24.8 Å². The van der Waals surface area contributed by atoms with Crippen molar-refractivity contribution in [1.82, 2.24) is 0 Å². The van der Waals surface area contributed by atoms with Gasteiger partial charge in [0.15, 0.2) is 0 Å². The van der Waals surface area contributed by atoms with E-state index < -0.39 is 41.5 Å².